The van der Waals surface area contributed by atoms with Crippen molar-refractivity contribution in [2.75, 3.05) is 5.33 Å². The maximum absolute atomic E-state index is 11.9. The lowest BCUT2D eigenvalue weighted by molar-refractivity contribution is 0.729. The normalized spacial score (nSPS) is 11.0. The first kappa shape index (κ1) is 9.79. The molecule has 0 aliphatic heterocycles. The highest BCUT2D eigenvalue weighted by Gasteiger charge is 2.09. The van der Waals surface area contributed by atoms with Gasteiger partial charge in [-0.1, -0.05) is 15.9 Å². The summed E-state index contributed by atoms with van der Waals surface area (Å²) in [5, 5.41) is 1.40. The van der Waals surface area contributed by atoms with Gasteiger partial charge in [-0.25, -0.2) is 4.98 Å². The topological polar surface area (TPSA) is 47.8 Å². The Morgan fingerprint density at radius 1 is 1.64 bits per heavy atom. The third-order valence-corrected chi connectivity index (χ3v) is 3.16. The summed E-state index contributed by atoms with van der Waals surface area (Å²) in [6.07, 6.45) is 1.57. The number of halogens is 1. The van der Waals surface area contributed by atoms with Crippen LogP contribution in [0.25, 0.3) is 10.2 Å². The Balaban J connectivity index is 2.73. The maximum atomic E-state index is 11.9. The second-order valence-electron chi connectivity index (χ2n) is 2.88. The molecule has 0 atom stereocenters. The zero-order chi connectivity index (χ0) is 10.1. The Labute approximate surface area is 92.9 Å². The minimum atomic E-state index is 0.000648. The fraction of sp³-hybridized carbons (Fsp3) is 0.375. The molecule has 6 heteroatoms. The maximum Gasteiger partial charge on any atom is 0.264 e. The molecule has 2 aromatic rings. The summed E-state index contributed by atoms with van der Waals surface area (Å²) < 4.78 is 5.71. The van der Waals surface area contributed by atoms with Crippen LogP contribution in [0.3, 0.4) is 0 Å². The van der Waals surface area contributed by atoms with Gasteiger partial charge < -0.3 is 0 Å². The average molecular weight is 274 g/mol. The third-order valence-electron chi connectivity index (χ3n) is 1.96. The van der Waals surface area contributed by atoms with Crippen LogP contribution >= 0.6 is 27.5 Å². The highest BCUT2D eigenvalue weighted by Crippen LogP contribution is 2.14. The van der Waals surface area contributed by atoms with Crippen LogP contribution in [0.1, 0.15) is 5.69 Å². The van der Waals surface area contributed by atoms with Gasteiger partial charge in [0, 0.05) is 11.9 Å². The summed E-state index contributed by atoms with van der Waals surface area (Å²) in [5.41, 5.74) is 0.770. The Kier molecular flexibility index (Phi) is 2.64. The highest BCUT2D eigenvalue weighted by atomic mass is 79.9. The molecule has 0 bridgehead atoms. The van der Waals surface area contributed by atoms with E-state index in [1.54, 1.807) is 10.9 Å². The number of fused-ring (bicyclic) bond motifs is 1. The predicted octanol–water partition coefficient (Wildman–Crippen LogP) is 1.56. The minimum Gasteiger partial charge on any atom is -0.298 e. The van der Waals surface area contributed by atoms with Gasteiger partial charge in [-0.15, -0.1) is 0 Å². The molecule has 2 heterocycles. The van der Waals surface area contributed by atoms with Crippen LogP contribution in [0.5, 0.6) is 0 Å². The summed E-state index contributed by atoms with van der Waals surface area (Å²) in [7, 11) is 0. The summed E-state index contributed by atoms with van der Waals surface area (Å²) in [6.45, 7) is 2.47. The number of hydrogen-bond acceptors (Lipinski definition) is 4. The van der Waals surface area contributed by atoms with Crippen molar-refractivity contribution in [3.8, 4) is 0 Å². The molecule has 0 spiro atoms. The molecule has 0 unspecified atom stereocenters. The predicted molar refractivity (Wildman–Crippen MR) is 60.2 cm³/mol. The lowest BCUT2D eigenvalue weighted by Crippen LogP contribution is -2.21. The van der Waals surface area contributed by atoms with Crippen molar-refractivity contribution in [2.24, 2.45) is 0 Å². The molecule has 2 rings (SSSR count). The fourth-order valence-corrected chi connectivity index (χ4v) is 2.38. The summed E-state index contributed by atoms with van der Waals surface area (Å²) in [4.78, 5) is 16.8. The van der Waals surface area contributed by atoms with Crippen molar-refractivity contribution in [1.82, 2.24) is 13.9 Å². The van der Waals surface area contributed by atoms with Crippen LogP contribution in [-0.2, 0) is 6.54 Å². The monoisotopic (exact) mass is 273 g/mol. The molecule has 0 fully saturated rings. The van der Waals surface area contributed by atoms with Crippen molar-refractivity contribution in [2.45, 2.75) is 13.5 Å². The van der Waals surface area contributed by atoms with E-state index in [2.05, 4.69) is 25.3 Å². The van der Waals surface area contributed by atoms with Crippen LogP contribution in [0, 0.1) is 6.92 Å². The molecule has 0 aliphatic rings. The Hall–Kier alpha value is -0.750. The molecule has 0 aromatic carbocycles. The van der Waals surface area contributed by atoms with E-state index in [0.717, 1.165) is 15.9 Å². The quantitative estimate of drug-likeness (QED) is 0.781. The SMILES string of the molecule is Cc1nsc2ncn(CCBr)c(=O)c12. The van der Waals surface area contributed by atoms with Crippen molar-refractivity contribution in [3.63, 3.8) is 0 Å². The van der Waals surface area contributed by atoms with E-state index in [1.165, 1.54) is 11.5 Å². The smallest absolute Gasteiger partial charge is 0.264 e. The minimum absolute atomic E-state index is 0.000648. The first-order valence-corrected chi connectivity index (χ1v) is 6.01. The number of alkyl halides is 1. The van der Waals surface area contributed by atoms with Crippen LogP contribution in [0.15, 0.2) is 11.1 Å². The van der Waals surface area contributed by atoms with Crippen LogP contribution in [-0.4, -0.2) is 19.3 Å². The van der Waals surface area contributed by atoms with Gasteiger partial charge >= 0.3 is 0 Å². The molecule has 0 aliphatic carbocycles. The van der Waals surface area contributed by atoms with Crippen molar-refractivity contribution >= 4 is 37.7 Å². The average Bonchev–Trinajstić information content (AvgIpc) is 2.54. The summed E-state index contributed by atoms with van der Waals surface area (Å²) in [6, 6.07) is 0. The molecule has 4 nitrogen and oxygen atoms in total. The second-order valence-corrected chi connectivity index (χ2v) is 4.43. The molecule has 2 aromatic heterocycles. The van der Waals surface area contributed by atoms with Gasteiger partial charge in [0.15, 0.2) is 4.83 Å². The van der Waals surface area contributed by atoms with Crippen LogP contribution in [0.4, 0.5) is 0 Å². The zero-order valence-corrected chi connectivity index (χ0v) is 9.93. The van der Waals surface area contributed by atoms with Crippen LogP contribution < -0.4 is 5.56 Å². The highest BCUT2D eigenvalue weighted by molar-refractivity contribution is 9.09. The number of aryl methyl sites for hydroxylation is 2. The molecule has 0 radical (unpaired) electrons. The van der Waals surface area contributed by atoms with Gasteiger partial charge in [-0.05, 0) is 18.5 Å². The first-order chi connectivity index (χ1) is 6.74. The zero-order valence-electron chi connectivity index (χ0n) is 7.53. The van der Waals surface area contributed by atoms with Gasteiger partial charge in [0.25, 0.3) is 5.56 Å². The fourth-order valence-electron chi connectivity index (χ4n) is 1.26. The Morgan fingerprint density at radius 2 is 2.43 bits per heavy atom. The standard InChI is InChI=1S/C8H8BrN3OS/c1-5-6-7(14-11-5)10-4-12(3-2-9)8(6)13/h4H,2-3H2,1H3. The Bertz CT molecular complexity index is 519. The first-order valence-electron chi connectivity index (χ1n) is 4.11. The van der Waals surface area contributed by atoms with Gasteiger partial charge in [-0.3, -0.25) is 9.36 Å². The van der Waals surface area contributed by atoms with Crippen molar-refractivity contribution in [1.29, 1.82) is 0 Å². The van der Waals surface area contributed by atoms with E-state index in [-0.39, 0.29) is 5.56 Å². The van der Waals surface area contributed by atoms with Crippen molar-refractivity contribution < 1.29 is 0 Å². The summed E-state index contributed by atoms with van der Waals surface area (Å²) in [5.74, 6) is 0. The molecular formula is C8H8BrN3OS. The largest absolute Gasteiger partial charge is 0.298 e. The number of hydrogen-bond donors (Lipinski definition) is 0. The second kappa shape index (κ2) is 3.78. The number of nitrogens with zero attached hydrogens (tertiary/aromatic N) is 3. The molecule has 74 valence electrons. The van der Waals surface area contributed by atoms with Gasteiger partial charge in [0.1, 0.15) is 0 Å². The molecule has 0 saturated carbocycles. The van der Waals surface area contributed by atoms with Crippen molar-refractivity contribution in [3.05, 3.63) is 22.4 Å². The molecule has 0 saturated heterocycles. The van der Waals surface area contributed by atoms with E-state index in [9.17, 15) is 4.79 Å². The lowest BCUT2D eigenvalue weighted by Gasteiger charge is -2.00. The van der Waals surface area contributed by atoms with E-state index in [1.807, 2.05) is 6.92 Å². The van der Waals surface area contributed by atoms with E-state index in [4.69, 9.17) is 0 Å². The van der Waals surface area contributed by atoms with E-state index in [0.29, 0.717) is 11.9 Å². The van der Waals surface area contributed by atoms with Gasteiger partial charge in [0.05, 0.1) is 17.4 Å². The van der Waals surface area contributed by atoms with E-state index >= 15 is 0 Å². The van der Waals surface area contributed by atoms with Gasteiger partial charge in [0.2, 0.25) is 0 Å². The van der Waals surface area contributed by atoms with Gasteiger partial charge in [-0.2, -0.15) is 4.37 Å². The molecule has 0 N–H and O–H groups in total. The Morgan fingerprint density at radius 3 is 3.14 bits per heavy atom. The third kappa shape index (κ3) is 1.48. The number of aromatic nitrogens is 3. The summed E-state index contributed by atoms with van der Waals surface area (Å²) >= 11 is 4.56. The molecule has 0 amide bonds. The lowest BCUT2D eigenvalue weighted by atomic mass is 10.3. The molecular weight excluding hydrogens is 266 g/mol. The van der Waals surface area contributed by atoms with Crippen LogP contribution in [0.2, 0.25) is 0 Å². The number of rotatable bonds is 2. The van der Waals surface area contributed by atoms with E-state index < -0.39 is 0 Å². The molecule has 14 heavy (non-hydrogen) atoms.